The Morgan fingerprint density at radius 3 is 2.45 bits per heavy atom. The highest BCUT2D eigenvalue weighted by molar-refractivity contribution is 6.37. The molecule has 0 saturated carbocycles. The zero-order valence-corrected chi connectivity index (χ0v) is 14.2. The summed E-state index contributed by atoms with van der Waals surface area (Å²) in [6, 6.07) is 2.78. The number of phenols is 1. The lowest BCUT2D eigenvalue weighted by Crippen LogP contribution is -2.13. The number of hydrogen-bond acceptors (Lipinski definition) is 5. The molecule has 0 unspecified atom stereocenters. The van der Waals surface area contributed by atoms with Gasteiger partial charge in [-0.2, -0.15) is 0 Å². The number of aromatic hydroxyl groups is 1. The molecule has 2 N–H and O–H groups in total. The van der Waals surface area contributed by atoms with Crippen LogP contribution in [0.3, 0.4) is 0 Å². The predicted molar refractivity (Wildman–Crippen MR) is 87.3 cm³/mol. The van der Waals surface area contributed by atoms with E-state index >= 15 is 0 Å². The maximum Gasteiger partial charge on any atom is 0.156 e. The molecule has 7 heteroatoms. The minimum Gasteiger partial charge on any atom is -0.508 e. The summed E-state index contributed by atoms with van der Waals surface area (Å²) in [7, 11) is 0. The van der Waals surface area contributed by atoms with Gasteiger partial charge in [0.2, 0.25) is 0 Å². The molecule has 0 spiro atoms. The van der Waals surface area contributed by atoms with Crippen LogP contribution in [0.5, 0.6) is 11.5 Å². The average molecular weight is 350 g/mol. The summed E-state index contributed by atoms with van der Waals surface area (Å²) in [4.78, 5) is 5.09. The summed E-state index contributed by atoms with van der Waals surface area (Å²) < 4.78 is 10.8. The zero-order valence-electron chi connectivity index (χ0n) is 12.6. The number of halogens is 2. The van der Waals surface area contributed by atoms with Crippen molar-refractivity contribution >= 4 is 23.2 Å². The molecule has 0 radical (unpaired) electrons. The van der Waals surface area contributed by atoms with Crippen molar-refractivity contribution in [3.05, 3.63) is 34.6 Å². The Kier molecular flexibility index (Phi) is 8.89. The summed E-state index contributed by atoms with van der Waals surface area (Å²) in [5, 5.41) is 9.90. The first-order valence-electron chi connectivity index (χ1n) is 6.99. The third-order valence-corrected chi connectivity index (χ3v) is 2.98. The van der Waals surface area contributed by atoms with Gasteiger partial charge in [-0.25, -0.2) is 0 Å². The fourth-order valence-electron chi connectivity index (χ4n) is 1.47. The lowest BCUT2D eigenvalue weighted by Gasteiger charge is -2.10. The average Bonchev–Trinajstić information content (AvgIpc) is 2.42. The van der Waals surface area contributed by atoms with Crippen LogP contribution in [0.15, 0.2) is 24.6 Å². The van der Waals surface area contributed by atoms with Crippen LogP contribution >= 0.6 is 23.2 Å². The SMILES string of the molecule is CC(C)ONC=COCCCCOc1c(Cl)cc(O)cc1Cl. The molecule has 22 heavy (non-hydrogen) atoms. The number of nitrogens with one attached hydrogen (secondary N) is 1. The second-order valence-corrected chi connectivity index (χ2v) is 5.57. The van der Waals surface area contributed by atoms with Gasteiger partial charge in [0.1, 0.15) is 12.0 Å². The standard InChI is InChI=1S/C15H21Cl2NO4/c1-11(2)22-18-5-8-20-6-3-4-7-21-15-13(16)9-12(19)10-14(15)17/h5,8-11,18-19H,3-4,6-7H2,1-2H3. The quantitative estimate of drug-likeness (QED) is 0.375. The topological polar surface area (TPSA) is 60.0 Å². The summed E-state index contributed by atoms with van der Waals surface area (Å²) >= 11 is 11.9. The Morgan fingerprint density at radius 1 is 1.18 bits per heavy atom. The van der Waals surface area contributed by atoms with Gasteiger partial charge < -0.3 is 14.6 Å². The molecule has 0 aliphatic heterocycles. The van der Waals surface area contributed by atoms with Crippen molar-refractivity contribution in [3.8, 4) is 11.5 Å². The van der Waals surface area contributed by atoms with Crippen LogP contribution in [0.1, 0.15) is 26.7 Å². The number of rotatable bonds is 10. The predicted octanol–water partition coefficient (Wildman–Crippen LogP) is 4.28. The Hall–Kier alpha value is -1.30. The summed E-state index contributed by atoms with van der Waals surface area (Å²) in [5.41, 5.74) is 2.65. The lowest BCUT2D eigenvalue weighted by atomic mass is 10.3. The van der Waals surface area contributed by atoms with Crippen LogP contribution in [-0.2, 0) is 9.57 Å². The van der Waals surface area contributed by atoms with Crippen LogP contribution in [0.25, 0.3) is 0 Å². The van der Waals surface area contributed by atoms with Crippen molar-refractivity contribution in [2.45, 2.75) is 32.8 Å². The van der Waals surface area contributed by atoms with E-state index in [1.54, 1.807) is 6.20 Å². The summed E-state index contributed by atoms with van der Waals surface area (Å²) in [5.74, 6) is 0.398. The van der Waals surface area contributed by atoms with Gasteiger partial charge >= 0.3 is 0 Å². The highest BCUT2D eigenvalue weighted by atomic mass is 35.5. The van der Waals surface area contributed by atoms with Gasteiger partial charge in [0, 0.05) is 12.1 Å². The van der Waals surface area contributed by atoms with E-state index in [4.69, 9.17) is 37.5 Å². The van der Waals surface area contributed by atoms with Crippen molar-refractivity contribution < 1.29 is 19.4 Å². The molecule has 0 bridgehead atoms. The Balaban J connectivity index is 2.11. The molecular weight excluding hydrogens is 329 g/mol. The molecule has 124 valence electrons. The van der Waals surface area contributed by atoms with Crippen LogP contribution in [0, 0.1) is 0 Å². The van der Waals surface area contributed by atoms with Crippen molar-refractivity contribution in [2.75, 3.05) is 13.2 Å². The summed E-state index contributed by atoms with van der Waals surface area (Å²) in [6.07, 6.45) is 4.85. The van der Waals surface area contributed by atoms with Gasteiger partial charge in [0.15, 0.2) is 5.75 Å². The number of phenolic OH excluding ortho intramolecular Hbond substituents is 1. The van der Waals surface area contributed by atoms with Gasteiger partial charge in [-0.1, -0.05) is 23.2 Å². The number of hydroxylamine groups is 1. The zero-order chi connectivity index (χ0) is 16.4. The molecule has 1 aromatic carbocycles. The third-order valence-electron chi connectivity index (χ3n) is 2.42. The summed E-state index contributed by atoms with van der Waals surface area (Å²) in [6.45, 7) is 4.88. The lowest BCUT2D eigenvalue weighted by molar-refractivity contribution is 0.0194. The number of benzene rings is 1. The maximum atomic E-state index is 9.32. The largest absolute Gasteiger partial charge is 0.508 e. The second kappa shape index (κ2) is 10.4. The number of ether oxygens (including phenoxy) is 2. The highest BCUT2D eigenvalue weighted by Crippen LogP contribution is 2.36. The molecule has 0 fully saturated rings. The molecule has 0 aromatic heterocycles. The molecular formula is C15H21Cl2NO4. The Bertz CT molecular complexity index is 458. The Morgan fingerprint density at radius 2 is 1.82 bits per heavy atom. The van der Waals surface area contributed by atoms with Crippen LogP contribution in [-0.4, -0.2) is 24.4 Å². The van der Waals surface area contributed by atoms with E-state index in [1.807, 2.05) is 13.8 Å². The van der Waals surface area contributed by atoms with Crippen molar-refractivity contribution in [3.63, 3.8) is 0 Å². The molecule has 0 atom stereocenters. The van der Waals surface area contributed by atoms with E-state index in [2.05, 4.69) is 5.48 Å². The minimum atomic E-state index is 0.0117. The van der Waals surface area contributed by atoms with Gasteiger partial charge in [-0.3, -0.25) is 10.3 Å². The van der Waals surface area contributed by atoms with Crippen LogP contribution in [0.4, 0.5) is 0 Å². The number of hydrogen-bond donors (Lipinski definition) is 2. The fraction of sp³-hybridized carbons (Fsp3) is 0.467. The van der Waals surface area contributed by atoms with E-state index in [0.29, 0.717) is 29.0 Å². The molecule has 0 aliphatic carbocycles. The van der Waals surface area contributed by atoms with Crippen LogP contribution in [0.2, 0.25) is 10.0 Å². The van der Waals surface area contributed by atoms with E-state index in [1.165, 1.54) is 18.4 Å². The molecule has 1 aromatic rings. The van der Waals surface area contributed by atoms with Crippen molar-refractivity contribution in [1.82, 2.24) is 5.48 Å². The van der Waals surface area contributed by atoms with E-state index in [-0.39, 0.29) is 11.9 Å². The first-order valence-corrected chi connectivity index (χ1v) is 7.75. The Labute approximate surface area is 140 Å². The highest BCUT2D eigenvalue weighted by Gasteiger charge is 2.09. The van der Waals surface area contributed by atoms with Gasteiger partial charge in [-0.15, -0.1) is 0 Å². The monoisotopic (exact) mass is 349 g/mol. The van der Waals surface area contributed by atoms with Gasteiger partial charge in [0.05, 0.1) is 35.6 Å². The molecule has 0 aliphatic rings. The van der Waals surface area contributed by atoms with Crippen molar-refractivity contribution in [1.29, 1.82) is 0 Å². The molecule has 0 heterocycles. The third kappa shape index (κ3) is 7.64. The maximum absolute atomic E-state index is 9.32. The second-order valence-electron chi connectivity index (χ2n) is 4.75. The first kappa shape index (κ1) is 18.7. The van der Waals surface area contributed by atoms with Gasteiger partial charge in [0.25, 0.3) is 0 Å². The van der Waals surface area contributed by atoms with E-state index in [0.717, 1.165) is 12.8 Å². The van der Waals surface area contributed by atoms with Gasteiger partial charge in [-0.05, 0) is 26.7 Å². The van der Waals surface area contributed by atoms with E-state index < -0.39 is 0 Å². The molecule has 0 saturated heterocycles. The van der Waals surface area contributed by atoms with E-state index in [9.17, 15) is 5.11 Å². The normalized spacial score (nSPS) is 11.1. The fourth-order valence-corrected chi connectivity index (χ4v) is 2.05. The van der Waals surface area contributed by atoms with Crippen molar-refractivity contribution in [2.24, 2.45) is 0 Å². The van der Waals surface area contributed by atoms with Crippen LogP contribution < -0.4 is 10.2 Å². The molecule has 1 rings (SSSR count). The first-order chi connectivity index (χ1) is 10.5. The molecule has 5 nitrogen and oxygen atoms in total. The number of unbranched alkanes of at least 4 members (excludes halogenated alkanes) is 1. The molecule has 0 amide bonds. The minimum absolute atomic E-state index is 0.0117. The smallest absolute Gasteiger partial charge is 0.156 e.